The number of ether oxygens (including phenoxy) is 6. The molecular weight excluding hydrogens is 2020 g/mol. The van der Waals surface area contributed by atoms with Gasteiger partial charge in [-0.05, 0) is 181 Å². The second-order valence-electron chi connectivity index (χ2n) is 31.7. The highest BCUT2D eigenvalue weighted by atomic mass is 35.5. The topological polar surface area (TPSA) is 400 Å². The lowest BCUT2D eigenvalue weighted by Crippen LogP contribution is -3.09. The van der Waals surface area contributed by atoms with Crippen molar-refractivity contribution in [2.75, 3.05) is 157 Å². The Kier molecular flexibility index (Phi) is 51.9. The van der Waals surface area contributed by atoms with Gasteiger partial charge in [0.15, 0.2) is 19.7 Å². The van der Waals surface area contributed by atoms with Gasteiger partial charge >= 0.3 is 30.3 Å². The Hall–Kier alpha value is -7.51. The van der Waals surface area contributed by atoms with Gasteiger partial charge in [-0.15, -0.1) is 0 Å². The number of likely N-dealkylation sites (N-methyl/N-ethyl adjacent to an activating group) is 3. The number of nitrogens with zero attached hydrogens (tertiary/aromatic N) is 3. The van der Waals surface area contributed by atoms with Gasteiger partial charge in [-0.3, -0.25) is 4.79 Å². The zero-order valence-corrected chi connectivity index (χ0v) is 82.9. The van der Waals surface area contributed by atoms with E-state index in [0.29, 0.717) is 113 Å². The van der Waals surface area contributed by atoms with Crippen LogP contribution in [0.4, 0.5) is 36.8 Å². The van der Waals surface area contributed by atoms with Crippen molar-refractivity contribution in [1.82, 2.24) is 14.9 Å². The van der Waals surface area contributed by atoms with Crippen LogP contribution in [0.2, 0.25) is 30.1 Å². The fraction of sp³-hybridized carbons (Fsp3) is 0.467. The molecule has 2 amide bonds. The fourth-order valence-corrected chi connectivity index (χ4v) is 20.4. The minimum absolute atomic E-state index is 0. The quantitative estimate of drug-likeness (QED) is 0.00875. The first-order valence-electron chi connectivity index (χ1n) is 42.6. The number of halogens is 14. The van der Waals surface area contributed by atoms with E-state index in [1.54, 1.807) is 109 Å². The lowest BCUT2D eigenvalue weighted by molar-refractivity contribution is -0.897. The molecule has 5 atom stereocenters. The number of alkyl halides is 6. The average Bonchev–Trinajstić information content (AvgIpc) is 0.779. The van der Waals surface area contributed by atoms with Crippen LogP contribution in [0.1, 0.15) is 125 Å². The molecule has 1 fully saturated rings. The number of sulfonamides is 1. The van der Waals surface area contributed by atoms with Gasteiger partial charge in [-0.1, -0.05) is 118 Å². The molecule has 0 aromatic heterocycles. The van der Waals surface area contributed by atoms with Gasteiger partial charge in [0, 0.05) is 108 Å². The van der Waals surface area contributed by atoms with Crippen molar-refractivity contribution in [3.63, 3.8) is 0 Å². The number of anilines is 1. The molecule has 9 N–H and O–H groups in total. The molecule has 2 unspecified atom stereocenters. The first kappa shape index (κ1) is 119. The number of carbonyl (C=O) groups excluding carboxylic acids is 4. The van der Waals surface area contributed by atoms with Crippen molar-refractivity contribution in [2.24, 2.45) is 15.7 Å². The number of hydrogen-bond donors (Lipinski definition) is 8. The number of aliphatic imine (C=N–C) groups is 2. The minimum atomic E-state index is -5.08. The maximum Gasteiger partial charge on any atom is 0.490 e. The van der Waals surface area contributed by atoms with E-state index in [-0.39, 0.29) is 141 Å². The minimum Gasteiger partial charge on any atom is -1.00 e. The number of benzene rings is 7. The molecule has 11 rings (SSSR count). The van der Waals surface area contributed by atoms with Gasteiger partial charge in [0.25, 0.3) is 0 Å². The summed E-state index contributed by atoms with van der Waals surface area (Å²) in [5, 5.41) is 23.3. The molecule has 4 aliphatic rings. The van der Waals surface area contributed by atoms with Crippen LogP contribution in [-0.4, -0.2) is 252 Å². The second-order valence-corrected chi connectivity index (χ2v) is 40.2. The Morgan fingerprint density at radius 3 is 1.30 bits per heavy atom. The largest absolute Gasteiger partial charge is 1.00 e. The van der Waals surface area contributed by atoms with Crippen LogP contribution < -0.4 is 55.7 Å². The second kappa shape index (κ2) is 59.3. The highest BCUT2D eigenvalue weighted by Crippen LogP contribution is 2.41. The molecule has 1 aliphatic carbocycles. The Balaban J connectivity index is 0.000000439. The first-order valence-corrected chi connectivity index (χ1v) is 49.6. The molecular formula is C90H109Cl8F6N9O20S3. The molecule has 0 saturated heterocycles. The summed E-state index contributed by atoms with van der Waals surface area (Å²) in [6, 6.07) is 39.2. The van der Waals surface area contributed by atoms with E-state index >= 15 is 0 Å². The summed E-state index contributed by atoms with van der Waals surface area (Å²) in [7, 11) is -4.54. The number of isocyanates is 2. The number of nitrogens with two attached hydrogens (primary N) is 1. The molecule has 29 nitrogen and oxygen atoms in total. The zero-order chi connectivity index (χ0) is 98.4. The number of quaternary nitrogens is 2. The molecule has 1 saturated carbocycles. The Morgan fingerprint density at radius 1 is 0.507 bits per heavy atom. The van der Waals surface area contributed by atoms with Gasteiger partial charge < -0.3 is 94.5 Å². The number of fused-ring (bicyclic) bond motifs is 3. The number of amides is 2. The van der Waals surface area contributed by atoms with Crippen molar-refractivity contribution in [3.8, 4) is 0 Å². The number of Topliss-reactive ketones (excluding diaryl/α,β-unsaturated/α-hetero) is 1. The molecule has 136 heavy (non-hydrogen) atoms. The zero-order valence-electron chi connectivity index (χ0n) is 74.4. The average molecular weight is 2130 g/mol. The van der Waals surface area contributed by atoms with Crippen LogP contribution in [0.3, 0.4) is 0 Å². The van der Waals surface area contributed by atoms with E-state index in [1.807, 2.05) is 43.4 Å². The number of carboxylic acid groups (broad SMARTS) is 2. The molecule has 46 heteroatoms. The van der Waals surface area contributed by atoms with Gasteiger partial charge in [0.2, 0.25) is 22.2 Å². The number of nitrogens with one attached hydrogen (secondary N) is 5. The maximum atomic E-state index is 13.3. The fourth-order valence-electron chi connectivity index (χ4n) is 15.0. The summed E-state index contributed by atoms with van der Waals surface area (Å²) in [4.78, 5) is 75.4. The highest BCUT2D eigenvalue weighted by molar-refractivity contribution is 7.91. The normalized spacial score (nSPS) is 17.4. The smallest absolute Gasteiger partial charge is 0.490 e. The van der Waals surface area contributed by atoms with Crippen LogP contribution in [0.15, 0.2) is 158 Å². The van der Waals surface area contributed by atoms with E-state index < -0.39 is 60.0 Å². The summed E-state index contributed by atoms with van der Waals surface area (Å²) < 4.78 is 178. The van der Waals surface area contributed by atoms with Crippen molar-refractivity contribution < 1.29 is 154 Å². The van der Waals surface area contributed by atoms with Gasteiger partial charge in [-0.25, -0.2) is 63.9 Å². The van der Waals surface area contributed by atoms with Crippen LogP contribution in [-0.2, 0) is 108 Å². The standard InChI is InChI=1S/C55H65Cl4N5O10S2.C23H30Cl2N2O4S.C8H10N2O2.2C2HF3O2.2ClH/c1-63-34-49(47-30-41(56)32-53(58)51(47)36-63)39-7-3-10-45(28-39)75(67,68)26-6-19-72-23-24-73-20-16-60-55(66)62-43-14-12-38(13-15-43)27-44(65)9-5-18-71-22-25-74-21-17-61-76(69,70)46-11-4-8-40(29-46)50-35-64(2)37-52-48(50)31-42(57)33-54(52)59;1-27-15-21(20-13-18(24)14-23(25)22(20)16-27)17-4-2-5-19(12-17)32(28,29)11-3-7-30-9-10-31-8-6-26;11-5-9-7-1-2-8(4-3-7)10-6-12;2*3-2(4,5)1(6)7;;/h3-4,7-8,10-15,28-33,49-50,61H,5-6,9,16-27,34-37H2,1-2H3,(H2,60,62,66);2,4-5,12-14,21H,3,6-11,15-16,26H2,1H3;7-8H,1-4H2;2*(H,6,7);2*1H/t49-,50-;21-;;;;;/m00...../s1. The molecule has 750 valence electrons. The van der Waals surface area contributed by atoms with E-state index in [9.17, 15) is 70.8 Å². The Morgan fingerprint density at radius 2 is 0.882 bits per heavy atom. The number of carboxylic acids is 2. The van der Waals surface area contributed by atoms with Gasteiger partial charge in [0.05, 0.1) is 147 Å². The van der Waals surface area contributed by atoms with Crippen molar-refractivity contribution in [1.29, 1.82) is 0 Å². The van der Waals surface area contributed by atoms with Gasteiger partial charge in [-0.2, -0.15) is 26.3 Å². The molecule has 7 aromatic carbocycles. The molecule has 0 spiro atoms. The lowest BCUT2D eigenvalue weighted by atomic mass is 9.85. The van der Waals surface area contributed by atoms with Crippen molar-refractivity contribution in [3.05, 3.63) is 219 Å². The molecule has 0 radical (unpaired) electrons. The van der Waals surface area contributed by atoms with Crippen LogP contribution >= 0.6 is 69.6 Å². The number of rotatable bonds is 41. The number of hydrogen-bond acceptors (Lipinski definition) is 22. The monoisotopic (exact) mass is 2130 g/mol. The summed E-state index contributed by atoms with van der Waals surface area (Å²) in [5.74, 6) is -5.58. The van der Waals surface area contributed by atoms with Crippen LogP contribution in [0.25, 0.3) is 0 Å². The van der Waals surface area contributed by atoms with Crippen LogP contribution in [0, 0.1) is 0 Å². The van der Waals surface area contributed by atoms with Crippen molar-refractivity contribution in [2.45, 2.75) is 134 Å². The SMILES string of the molecule is CN1Cc2c(Cl)cc(Cl)cc2[C@H](c2cccc(S(=O)(=O)CCCOCCOCCN)c2)C1.C[NH+]1Cc2c(Cl)cc(Cl)cc2[C@H](c2cccc(S(=O)(=O)CCCOCCOCCNC(=O)Nc3ccc(CC(=O)CCCOCCOCCNS(=O)(=O)c4cccc([C@@H]5C[NH+](C)Cc6c(Cl)cc(Cl)cc65)c4)cc3)c2)C1.O=C(O)C(F)(F)F.O=C(O)C(F)(F)F.O=C=NC1CCC(N=C=O)CC1.[Cl-].[Cl-]. The van der Waals surface area contributed by atoms with E-state index in [0.717, 1.165) is 121 Å². The maximum absolute atomic E-state index is 13.3. The molecule has 0 bridgehead atoms. The summed E-state index contributed by atoms with van der Waals surface area (Å²) >= 11 is 38.5. The predicted molar refractivity (Wildman–Crippen MR) is 495 cm³/mol. The van der Waals surface area contributed by atoms with E-state index in [1.165, 1.54) is 9.80 Å². The first-order chi connectivity index (χ1) is 63.5. The molecule has 3 aliphatic heterocycles. The van der Waals surface area contributed by atoms with Gasteiger partial charge in [0.1, 0.15) is 18.9 Å². The highest BCUT2D eigenvalue weighted by Gasteiger charge is 2.40. The lowest BCUT2D eigenvalue weighted by Gasteiger charge is -2.33. The molecule has 3 heterocycles. The Labute approximate surface area is 829 Å². The summed E-state index contributed by atoms with van der Waals surface area (Å²) in [5.41, 5.74) is 15.7. The number of carbonyl (C=O) groups is 4. The van der Waals surface area contributed by atoms with Crippen LogP contribution in [0.5, 0.6) is 0 Å². The molecule has 7 aromatic rings. The number of sulfone groups is 2. The Bertz CT molecular complexity index is 5250. The van der Waals surface area contributed by atoms with E-state index in [4.69, 9.17) is 124 Å². The number of urea groups is 1. The van der Waals surface area contributed by atoms with E-state index in [2.05, 4.69) is 44.3 Å². The number of aliphatic carboxylic acids is 2. The third kappa shape index (κ3) is 40.6. The van der Waals surface area contributed by atoms with Crippen molar-refractivity contribution >= 4 is 141 Å². The summed E-state index contributed by atoms with van der Waals surface area (Å²) in [6.45, 7) is 9.38. The third-order valence-corrected chi connectivity index (χ3v) is 28.1. The predicted octanol–water partition coefficient (Wildman–Crippen LogP) is 6.51. The third-order valence-electron chi connectivity index (χ3n) is 21.3. The number of ketones is 1. The summed E-state index contributed by atoms with van der Waals surface area (Å²) in [6.07, 6.45) is -1.87.